The van der Waals surface area contributed by atoms with Gasteiger partial charge in [-0.05, 0) is 6.92 Å². The van der Waals surface area contributed by atoms with Crippen molar-refractivity contribution in [3.05, 3.63) is 12.2 Å². The standard InChI is InChI=1S/C14H26N2O5/c1-12(2)13(17)20-8-6-15-14(18)21-11-10-19-9-7-16(3,4)5/h1,6-11H2,2-5H3/p+1. The Kier molecular flexibility index (Phi) is 9.40. The van der Waals surface area contributed by atoms with E-state index in [1.807, 2.05) is 0 Å². The van der Waals surface area contributed by atoms with Crippen LogP contribution in [0.4, 0.5) is 4.79 Å². The third kappa shape index (κ3) is 13.1. The molecule has 0 heterocycles. The van der Waals surface area contributed by atoms with Gasteiger partial charge in [-0.1, -0.05) is 6.58 Å². The Labute approximate surface area is 126 Å². The van der Waals surface area contributed by atoms with Gasteiger partial charge in [-0.25, -0.2) is 9.59 Å². The van der Waals surface area contributed by atoms with Crippen LogP contribution in [-0.2, 0) is 19.0 Å². The van der Waals surface area contributed by atoms with E-state index >= 15 is 0 Å². The van der Waals surface area contributed by atoms with Crippen molar-refractivity contribution in [3.8, 4) is 0 Å². The second-order valence-corrected chi connectivity index (χ2v) is 5.61. The average Bonchev–Trinajstić information content (AvgIpc) is 2.37. The molecule has 0 saturated heterocycles. The monoisotopic (exact) mass is 303 g/mol. The molecule has 0 unspecified atom stereocenters. The number of quaternary nitrogens is 1. The molecule has 0 aromatic carbocycles. The van der Waals surface area contributed by atoms with Crippen LogP contribution in [0.1, 0.15) is 6.92 Å². The molecule has 0 fully saturated rings. The van der Waals surface area contributed by atoms with Crippen molar-refractivity contribution < 1.29 is 28.3 Å². The highest BCUT2D eigenvalue weighted by molar-refractivity contribution is 5.86. The number of amides is 1. The summed E-state index contributed by atoms with van der Waals surface area (Å²) in [7, 11) is 6.23. The van der Waals surface area contributed by atoms with Crippen molar-refractivity contribution in [2.75, 3.05) is 60.7 Å². The lowest BCUT2D eigenvalue weighted by Gasteiger charge is -2.23. The predicted molar refractivity (Wildman–Crippen MR) is 78.8 cm³/mol. The van der Waals surface area contributed by atoms with E-state index in [0.29, 0.717) is 18.8 Å². The second kappa shape index (κ2) is 10.2. The topological polar surface area (TPSA) is 73.9 Å². The van der Waals surface area contributed by atoms with Crippen LogP contribution in [0.15, 0.2) is 12.2 Å². The van der Waals surface area contributed by atoms with Crippen molar-refractivity contribution in [3.63, 3.8) is 0 Å². The molecule has 0 aliphatic carbocycles. The Morgan fingerprint density at radius 2 is 1.71 bits per heavy atom. The molecular formula is C14H27N2O5+. The lowest BCUT2D eigenvalue weighted by Crippen LogP contribution is -2.37. The predicted octanol–water partition coefficient (Wildman–Crippen LogP) is 0.555. The summed E-state index contributed by atoms with van der Waals surface area (Å²) < 4.78 is 15.9. The molecule has 0 radical (unpaired) electrons. The van der Waals surface area contributed by atoms with Crippen LogP contribution in [0.25, 0.3) is 0 Å². The minimum Gasteiger partial charge on any atom is -0.460 e. The summed E-state index contributed by atoms with van der Waals surface area (Å²) in [6.45, 7) is 7.34. The summed E-state index contributed by atoms with van der Waals surface area (Å²) >= 11 is 0. The van der Waals surface area contributed by atoms with Gasteiger partial charge in [0, 0.05) is 5.57 Å². The van der Waals surface area contributed by atoms with Crippen molar-refractivity contribution in [2.45, 2.75) is 6.92 Å². The van der Waals surface area contributed by atoms with Crippen molar-refractivity contribution in [1.82, 2.24) is 5.32 Å². The van der Waals surface area contributed by atoms with E-state index in [-0.39, 0.29) is 19.8 Å². The van der Waals surface area contributed by atoms with E-state index in [9.17, 15) is 9.59 Å². The fraction of sp³-hybridized carbons (Fsp3) is 0.714. The zero-order valence-electron chi connectivity index (χ0n) is 13.4. The molecule has 0 aromatic heterocycles. The molecule has 0 atom stereocenters. The molecule has 0 aliphatic rings. The molecular weight excluding hydrogens is 276 g/mol. The van der Waals surface area contributed by atoms with Crippen LogP contribution >= 0.6 is 0 Å². The number of nitrogens with one attached hydrogen (secondary N) is 1. The first-order chi connectivity index (χ1) is 9.72. The summed E-state index contributed by atoms with van der Waals surface area (Å²) in [6, 6.07) is 0. The highest BCUT2D eigenvalue weighted by atomic mass is 16.6. The number of esters is 1. The molecule has 0 aromatic rings. The lowest BCUT2D eigenvalue weighted by molar-refractivity contribution is -0.870. The van der Waals surface area contributed by atoms with E-state index in [1.165, 1.54) is 0 Å². The van der Waals surface area contributed by atoms with E-state index in [2.05, 4.69) is 33.0 Å². The minimum absolute atomic E-state index is 0.0841. The Balaban J connectivity index is 3.43. The first-order valence-electron chi connectivity index (χ1n) is 6.84. The number of carbonyl (C=O) groups is 2. The van der Waals surface area contributed by atoms with Gasteiger partial charge in [0.15, 0.2) is 0 Å². The number of carbonyl (C=O) groups excluding carboxylic acids is 2. The molecule has 7 nitrogen and oxygen atoms in total. The molecule has 0 saturated carbocycles. The maximum absolute atomic E-state index is 11.3. The average molecular weight is 303 g/mol. The normalized spacial score (nSPS) is 10.9. The summed E-state index contributed by atoms with van der Waals surface area (Å²) in [4.78, 5) is 22.3. The number of rotatable bonds is 10. The first kappa shape index (κ1) is 19.4. The number of ether oxygens (including phenoxy) is 3. The van der Waals surface area contributed by atoms with Gasteiger partial charge in [-0.2, -0.15) is 0 Å². The molecule has 122 valence electrons. The quantitative estimate of drug-likeness (QED) is 0.276. The van der Waals surface area contributed by atoms with Crippen LogP contribution in [0.2, 0.25) is 0 Å². The number of nitrogens with zero attached hydrogens (tertiary/aromatic N) is 1. The summed E-state index contributed by atoms with van der Waals surface area (Å²) in [5, 5.41) is 2.47. The van der Waals surface area contributed by atoms with Crippen LogP contribution < -0.4 is 5.32 Å². The van der Waals surface area contributed by atoms with Crippen molar-refractivity contribution >= 4 is 12.1 Å². The number of hydrogen-bond acceptors (Lipinski definition) is 5. The third-order valence-electron chi connectivity index (χ3n) is 2.32. The van der Waals surface area contributed by atoms with Crippen molar-refractivity contribution in [2.24, 2.45) is 0 Å². The SMILES string of the molecule is C=C(C)C(=O)OCCNC(=O)OCCOCC[N+](C)(C)C. The van der Waals surface area contributed by atoms with Gasteiger partial charge in [-0.3, -0.25) is 0 Å². The van der Waals surface area contributed by atoms with Gasteiger partial charge in [0.2, 0.25) is 0 Å². The van der Waals surface area contributed by atoms with Gasteiger partial charge in [0.1, 0.15) is 19.8 Å². The van der Waals surface area contributed by atoms with Crippen LogP contribution in [0.3, 0.4) is 0 Å². The molecule has 0 rings (SSSR count). The van der Waals surface area contributed by atoms with E-state index in [1.54, 1.807) is 6.92 Å². The number of alkyl carbamates (subject to hydrolysis) is 1. The molecule has 7 heteroatoms. The molecule has 0 aliphatic heterocycles. The number of likely N-dealkylation sites (N-methyl/N-ethyl adjacent to an activating group) is 1. The summed E-state index contributed by atoms with van der Waals surface area (Å²) in [5.41, 5.74) is 0.323. The van der Waals surface area contributed by atoms with Gasteiger partial charge in [0.25, 0.3) is 0 Å². The molecule has 0 bridgehead atoms. The molecule has 21 heavy (non-hydrogen) atoms. The second-order valence-electron chi connectivity index (χ2n) is 5.61. The fourth-order valence-corrected chi connectivity index (χ4v) is 1.10. The van der Waals surface area contributed by atoms with Crippen LogP contribution in [0, 0.1) is 0 Å². The zero-order valence-corrected chi connectivity index (χ0v) is 13.4. The Hall–Kier alpha value is -1.60. The van der Waals surface area contributed by atoms with Gasteiger partial charge < -0.3 is 24.0 Å². The summed E-state index contributed by atoms with van der Waals surface area (Å²) in [5.74, 6) is -0.476. The maximum Gasteiger partial charge on any atom is 0.407 e. The third-order valence-corrected chi connectivity index (χ3v) is 2.32. The fourth-order valence-electron chi connectivity index (χ4n) is 1.10. The van der Waals surface area contributed by atoms with Crippen LogP contribution in [0.5, 0.6) is 0 Å². The van der Waals surface area contributed by atoms with E-state index < -0.39 is 12.1 Å². The van der Waals surface area contributed by atoms with E-state index in [4.69, 9.17) is 14.2 Å². The zero-order chi connectivity index (χ0) is 16.3. The highest BCUT2D eigenvalue weighted by Crippen LogP contribution is 1.91. The van der Waals surface area contributed by atoms with Gasteiger partial charge >= 0.3 is 12.1 Å². The Morgan fingerprint density at radius 3 is 2.29 bits per heavy atom. The lowest BCUT2D eigenvalue weighted by atomic mass is 10.4. The first-order valence-corrected chi connectivity index (χ1v) is 6.84. The summed E-state index contributed by atoms with van der Waals surface area (Å²) in [6.07, 6.45) is -0.559. The highest BCUT2D eigenvalue weighted by Gasteiger charge is 2.07. The molecule has 1 N–H and O–H groups in total. The number of hydrogen-bond donors (Lipinski definition) is 1. The Bertz CT molecular complexity index is 350. The smallest absolute Gasteiger partial charge is 0.407 e. The molecule has 1 amide bonds. The van der Waals surface area contributed by atoms with Crippen molar-refractivity contribution in [1.29, 1.82) is 0 Å². The Morgan fingerprint density at radius 1 is 1.05 bits per heavy atom. The maximum atomic E-state index is 11.3. The van der Waals surface area contributed by atoms with Gasteiger partial charge in [0.05, 0.1) is 40.9 Å². The van der Waals surface area contributed by atoms with Gasteiger partial charge in [-0.15, -0.1) is 0 Å². The van der Waals surface area contributed by atoms with E-state index in [0.717, 1.165) is 11.0 Å². The largest absolute Gasteiger partial charge is 0.460 e. The minimum atomic E-state index is -0.559. The molecule has 0 spiro atoms. The van der Waals surface area contributed by atoms with Crippen LogP contribution in [-0.4, -0.2) is 77.2 Å².